The number of benzene rings is 1. The molecule has 160 valence electrons. The maximum Gasteiger partial charge on any atom is 0.281 e. The molecular weight excluding hydrogens is 398 g/mol. The summed E-state index contributed by atoms with van der Waals surface area (Å²) in [4.78, 5) is 53.3. The highest BCUT2D eigenvalue weighted by atomic mass is 16.2. The van der Waals surface area contributed by atoms with Gasteiger partial charge < -0.3 is 16.0 Å². The zero-order valence-electron chi connectivity index (χ0n) is 17.1. The van der Waals surface area contributed by atoms with Gasteiger partial charge in [0.25, 0.3) is 11.5 Å². The second kappa shape index (κ2) is 10.1. The maximum atomic E-state index is 12.7. The van der Waals surface area contributed by atoms with Gasteiger partial charge in [-0.25, -0.2) is 4.98 Å². The van der Waals surface area contributed by atoms with E-state index in [2.05, 4.69) is 20.9 Å². The van der Waals surface area contributed by atoms with Crippen LogP contribution >= 0.6 is 0 Å². The third-order valence-corrected chi connectivity index (χ3v) is 4.49. The molecule has 0 unspecified atom stereocenters. The van der Waals surface area contributed by atoms with Gasteiger partial charge in [-0.15, -0.1) is 0 Å². The Labute approximate surface area is 178 Å². The second-order valence-corrected chi connectivity index (χ2v) is 6.77. The highest BCUT2D eigenvalue weighted by molar-refractivity contribution is 6.00. The van der Waals surface area contributed by atoms with Crippen LogP contribution in [-0.2, 0) is 4.79 Å². The van der Waals surface area contributed by atoms with Crippen LogP contribution in [0.3, 0.4) is 0 Å². The molecule has 9 heteroatoms. The smallest absolute Gasteiger partial charge is 0.281 e. The molecule has 2 heterocycles. The number of amides is 2. The molecule has 0 saturated carbocycles. The minimum absolute atomic E-state index is 0.105. The molecule has 3 N–H and O–H groups in total. The molecule has 1 aromatic carbocycles. The third kappa shape index (κ3) is 5.33. The number of fused-ring (bicyclic) bond motifs is 1. The molecule has 9 nitrogen and oxygen atoms in total. The lowest BCUT2D eigenvalue weighted by Crippen LogP contribution is -2.35. The van der Waals surface area contributed by atoms with Crippen molar-refractivity contribution >= 4 is 28.9 Å². The van der Waals surface area contributed by atoms with E-state index in [-0.39, 0.29) is 41.7 Å². The molecule has 0 aliphatic rings. The number of aromatic nitrogens is 2. The van der Waals surface area contributed by atoms with Crippen molar-refractivity contribution in [2.45, 2.75) is 13.3 Å². The first-order valence-corrected chi connectivity index (χ1v) is 9.88. The molecule has 0 spiro atoms. The molecule has 0 radical (unpaired) electrons. The van der Waals surface area contributed by atoms with Crippen LogP contribution in [0.1, 0.15) is 34.1 Å². The quantitative estimate of drug-likeness (QED) is 0.447. The van der Waals surface area contributed by atoms with Crippen molar-refractivity contribution in [1.29, 1.82) is 0 Å². The lowest BCUT2D eigenvalue weighted by atomic mass is 10.1. The van der Waals surface area contributed by atoms with Crippen LogP contribution < -0.4 is 21.5 Å². The van der Waals surface area contributed by atoms with Gasteiger partial charge in [0.15, 0.2) is 11.4 Å². The van der Waals surface area contributed by atoms with Gasteiger partial charge in [-0.2, -0.15) is 0 Å². The third-order valence-electron chi connectivity index (χ3n) is 4.49. The number of rotatable bonds is 9. The van der Waals surface area contributed by atoms with Gasteiger partial charge >= 0.3 is 0 Å². The minimum Gasteiger partial charge on any atom is -0.370 e. The van der Waals surface area contributed by atoms with Gasteiger partial charge in [0.05, 0.1) is 24.8 Å². The lowest BCUT2D eigenvalue weighted by Gasteiger charge is -2.10. The Balaban J connectivity index is 1.65. The number of Topliss-reactive ketones (excluding diaryl/α,β-unsaturated/α-hetero) is 1. The number of carbonyl (C=O) groups is 3. The number of nitrogens with one attached hydrogen (secondary N) is 3. The summed E-state index contributed by atoms with van der Waals surface area (Å²) in [6, 6.07) is 11.8. The average molecular weight is 421 g/mol. The molecule has 31 heavy (non-hydrogen) atoms. The molecule has 0 bridgehead atoms. The van der Waals surface area contributed by atoms with Crippen molar-refractivity contribution in [2.24, 2.45) is 0 Å². The Morgan fingerprint density at radius 3 is 2.52 bits per heavy atom. The van der Waals surface area contributed by atoms with E-state index in [4.69, 9.17) is 0 Å². The van der Waals surface area contributed by atoms with E-state index in [1.165, 1.54) is 16.8 Å². The first-order chi connectivity index (χ1) is 15.0. The Kier molecular flexibility index (Phi) is 7.10. The molecule has 3 aromatic rings. The van der Waals surface area contributed by atoms with Crippen molar-refractivity contribution < 1.29 is 14.4 Å². The zero-order valence-corrected chi connectivity index (χ0v) is 17.1. The number of hydrogen-bond donors (Lipinski definition) is 3. The molecule has 2 aromatic heterocycles. The van der Waals surface area contributed by atoms with E-state index < -0.39 is 11.5 Å². The van der Waals surface area contributed by atoms with Crippen molar-refractivity contribution in [2.75, 3.05) is 25.0 Å². The summed E-state index contributed by atoms with van der Waals surface area (Å²) >= 11 is 0. The SMILES string of the molecule is CCCNC(=O)c1cccn2c(=O)c(NCC(=O)NCC(=O)c3ccccc3)cnc12. The number of ketones is 1. The van der Waals surface area contributed by atoms with Gasteiger partial charge in [0, 0.05) is 18.3 Å². The van der Waals surface area contributed by atoms with Gasteiger partial charge in [0.2, 0.25) is 5.91 Å². The Morgan fingerprint density at radius 1 is 1.00 bits per heavy atom. The Bertz CT molecular complexity index is 1160. The maximum absolute atomic E-state index is 12.7. The lowest BCUT2D eigenvalue weighted by molar-refractivity contribution is -0.119. The van der Waals surface area contributed by atoms with Crippen molar-refractivity contribution in [3.05, 3.63) is 76.3 Å². The molecule has 0 aliphatic heterocycles. The predicted molar refractivity (Wildman–Crippen MR) is 116 cm³/mol. The predicted octanol–water partition coefficient (Wildman–Crippen LogP) is 1.25. The second-order valence-electron chi connectivity index (χ2n) is 6.77. The summed E-state index contributed by atoms with van der Waals surface area (Å²) in [6.07, 6.45) is 3.58. The zero-order chi connectivity index (χ0) is 22.2. The van der Waals surface area contributed by atoms with Gasteiger partial charge in [-0.1, -0.05) is 37.3 Å². The summed E-state index contributed by atoms with van der Waals surface area (Å²) < 4.78 is 1.25. The van der Waals surface area contributed by atoms with Crippen LogP contribution in [0.5, 0.6) is 0 Å². The standard InChI is InChI=1S/C22H23N5O4/c1-2-10-23-21(30)16-9-6-11-27-20(16)26-12-17(22(27)31)24-14-19(29)25-13-18(28)15-7-4-3-5-8-15/h3-9,11-12,24H,2,10,13-14H2,1H3,(H,23,30)(H,25,29). The highest BCUT2D eigenvalue weighted by Crippen LogP contribution is 2.08. The summed E-state index contributed by atoms with van der Waals surface area (Å²) in [5, 5.41) is 8.01. The fraction of sp³-hybridized carbons (Fsp3) is 0.227. The largest absolute Gasteiger partial charge is 0.370 e. The number of hydrogen-bond acceptors (Lipinski definition) is 6. The Morgan fingerprint density at radius 2 is 1.77 bits per heavy atom. The average Bonchev–Trinajstić information content (AvgIpc) is 2.80. The van der Waals surface area contributed by atoms with Gasteiger partial charge in [-0.05, 0) is 18.6 Å². The molecule has 0 aliphatic carbocycles. The van der Waals surface area contributed by atoms with E-state index in [9.17, 15) is 19.2 Å². The van der Waals surface area contributed by atoms with Crippen LogP contribution in [0.15, 0.2) is 59.7 Å². The number of nitrogens with zero attached hydrogens (tertiary/aromatic N) is 2. The Hall–Kier alpha value is -4.01. The van der Waals surface area contributed by atoms with Crippen molar-refractivity contribution in [1.82, 2.24) is 20.0 Å². The van der Waals surface area contributed by atoms with E-state index >= 15 is 0 Å². The van der Waals surface area contributed by atoms with Crippen LogP contribution in [0.25, 0.3) is 5.65 Å². The highest BCUT2D eigenvalue weighted by Gasteiger charge is 2.14. The monoisotopic (exact) mass is 421 g/mol. The number of anilines is 1. The summed E-state index contributed by atoms with van der Waals surface area (Å²) in [5.74, 6) is -0.966. The van der Waals surface area contributed by atoms with E-state index in [1.54, 1.807) is 42.5 Å². The van der Waals surface area contributed by atoms with Crippen molar-refractivity contribution in [3.63, 3.8) is 0 Å². The molecule has 2 amide bonds. The molecule has 0 saturated heterocycles. The van der Waals surface area contributed by atoms with E-state index in [1.807, 2.05) is 6.92 Å². The topological polar surface area (TPSA) is 122 Å². The summed E-state index contributed by atoms with van der Waals surface area (Å²) in [6.45, 7) is 2.11. The normalized spacial score (nSPS) is 10.5. The number of pyridine rings is 1. The number of carbonyl (C=O) groups excluding carboxylic acids is 3. The molecule has 0 atom stereocenters. The van der Waals surface area contributed by atoms with Crippen LogP contribution in [0.4, 0.5) is 5.69 Å². The van der Waals surface area contributed by atoms with Crippen molar-refractivity contribution in [3.8, 4) is 0 Å². The van der Waals surface area contributed by atoms with Crippen LogP contribution in [-0.4, -0.2) is 46.6 Å². The minimum atomic E-state index is -0.443. The molecule has 0 fully saturated rings. The molecular formula is C22H23N5O4. The fourth-order valence-electron chi connectivity index (χ4n) is 2.88. The van der Waals surface area contributed by atoms with Crippen LogP contribution in [0, 0.1) is 0 Å². The first-order valence-electron chi connectivity index (χ1n) is 9.88. The summed E-state index contributed by atoms with van der Waals surface area (Å²) in [7, 11) is 0. The fourth-order valence-corrected chi connectivity index (χ4v) is 2.88. The van der Waals surface area contributed by atoms with Gasteiger partial charge in [0.1, 0.15) is 5.69 Å². The summed E-state index contributed by atoms with van der Waals surface area (Å²) in [5.41, 5.74) is 0.685. The first kappa shape index (κ1) is 21.7. The molecule has 3 rings (SSSR count). The van der Waals surface area contributed by atoms with Gasteiger partial charge in [-0.3, -0.25) is 23.6 Å². The van der Waals surface area contributed by atoms with Crippen LogP contribution in [0.2, 0.25) is 0 Å². The van der Waals surface area contributed by atoms with E-state index in [0.717, 1.165) is 6.42 Å². The van der Waals surface area contributed by atoms with E-state index in [0.29, 0.717) is 12.1 Å².